The monoisotopic (exact) mass is 478 g/mol. The van der Waals surface area contributed by atoms with E-state index >= 15 is 0 Å². The first-order chi connectivity index (χ1) is 16.3. The molecule has 0 fully saturated rings. The normalized spacial score (nSPS) is 11.3. The van der Waals surface area contributed by atoms with Crippen molar-refractivity contribution in [3.63, 3.8) is 0 Å². The van der Waals surface area contributed by atoms with Crippen LogP contribution in [0.2, 0.25) is 0 Å². The Hall–Kier alpha value is -0.610. The van der Waals surface area contributed by atoms with Gasteiger partial charge in [-0.15, -0.1) is 0 Å². The van der Waals surface area contributed by atoms with E-state index in [0.717, 1.165) is 13.0 Å². The summed E-state index contributed by atoms with van der Waals surface area (Å²) in [4.78, 5) is 10.7. The maximum atomic E-state index is 10.7. The van der Waals surface area contributed by atoms with Crippen molar-refractivity contribution in [3.05, 3.63) is 0 Å². The minimum Gasteiger partial charge on any atom is -0.379 e. The summed E-state index contributed by atoms with van der Waals surface area (Å²) >= 11 is 0. The fourth-order valence-electron chi connectivity index (χ4n) is 2.87. The fourth-order valence-corrected chi connectivity index (χ4v) is 2.87. The van der Waals surface area contributed by atoms with E-state index in [1.807, 2.05) is 0 Å². The largest absolute Gasteiger partial charge is 0.379 e. The van der Waals surface area contributed by atoms with E-state index in [4.69, 9.17) is 33.2 Å². The predicted molar refractivity (Wildman–Crippen MR) is 129 cm³/mol. The number of carbonyl (C=O) groups is 1. The second-order valence-corrected chi connectivity index (χ2v) is 7.90. The summed E-state index contributed by atoms with van der Waals surface area (Å²) in [5.74, 6) is 0.0157. The third-order valence-electron chi connectivity index (χ3n) is 4.68. The van der Waals surface area contributed by atoms with Crippen LogP contribution in [0.3, 0.4) is 0 Å². The third kappa shape index (κ3) is 31.4. The van der Waals surface area contributed by atoms with E-state index < -0.39 is 0 Å². The Kier molecular flexibility index (Phi) is 28.9. The lowest BCUT2D eigenvalue weighted by Crippen LogP contribution is -2.15. The molecule has 198 valence electrons. The predicted octanol–water partition coefficient (Wildman–Crippen LogP) is 3.83. The van der Waals surface area contributed by atoms with E-state index in [1.165, 1.54) is 51.9 Å². The summed E-state index contributed by atoms with van der Waals surface area (Å²) in [5.41, 5.74) is 0. The molecule has 0 rings (SSSR count). The fraction of sp³-hybridized carbons (Fsp3) is 0.960. The van der Waals surface area contributed by atoms with Crippen molar-refractivity contribution in [2.45, 2.75) is 65.2 Å². The van der Waals surface area contributed by atoms with Crippen LogP contribution in [-0.4, -0.2) is 98.3 Å². The number of unbranched alkanes of at least 4 members (excludes halogenated alkanes) is 7. The molecule has 0 aromatic heterocycles. The molecule has 0 aliphatic heterocycles. The quantitative estimate of drug-likeness (QED) is 0.150. The number of carbonyl (C=O) groups excluding carboxylic acids is 1. The highest BCUT2D eigenvalue weighted by atomic mass is 16.6. The highest BCUT2D eigenvalue weighted by Crippen LogP contribution is 2.08. The van der Waals surface area contributed by atoms with Crippen LogP contribution in [0.4, 0.5) is 0 Å². The molecule has 0 aliphatic rings. The molecular formula is C25H50O8. The molecule has 0 N–H and O–H groups in total. The van der Waals surface area contributed by atoms with Crippen LogP contribution in [0.15, 0.2) is 0 Å². The lowest BCUT2D eigenvalue weighted by Gasteiger charge is -2.08. The Bertz CT molecular complexity index is 381. The van der Waals surface area contributed by atoms with Crippen LogP contribution >= 0.6 is 0 Å². The molecule has 8 heteroatoms. The van der Waals surface area contributed by atoms with E-state index in [-0.39, 0.29) is 12.4 Å². The molecule has 0 aromatic rings. The van der Waals surface area contributed by atoms with Crippen LogP contribution < -0.4 is 0 Å². The molecule has 33 heavy (non-hydrogen) atoms. The lowest BCUT2D eigenvalue weighted by atomic mass is 10.1. The van der Waals surface area contributed by atoms with Crippen molar-refractivity contribution in [2.24, 2.45) is 0 Å². The summed E-state index contributed by atoms with van der Waals surface area (Å²) in [5, 5.41) is 0. The van der Waals surface area contributed by atoms with Crippen LogP contribution in [0.25, 0.3) is 0 Å². The van der Waals surface area contributed by atoms with Gasteiger partial charge < -0.3 is 33.2 Å². The molecule has 0 aliphatic carbocycles. The molecule has 0 saturated heterocycles. The Labute approximate surface area is 201 Å². The van der Waals surface area contributed by atoms with E-state index in [2.05, 4.69) is 6.92 Å². The van der Waals surface area contributed by atoms with Crippen molar-refractivity contribution in [1.29, 1.82) is 0 Å². The van der Waals surface area contributed by atoms with Gasteiger partial charge in [0.1, 0.15) is 6.61 Å². The average molecular weight is 479 g/mol. The van der Waals surface area contributed by atoms with Gasteiger partial charge in [-0.05, 0) is 13.3 Å². The standard InChI is InChI=1S/C25H50O8/c1-3-4-5-6-7-8-9-10-11-27-12-13-28-14-15-29-16-17-30-18-19-31-20-21-32-22-23-33-24-25(2)26/h3-24H2,1-2H3. The molecule has 0 saturated carbocycles. The van der Waals surface area contributed by atoms with E-state index in [9.17, 15) is 4.79 Å². The minimum absolute atomic E-state index is 0.0157. The van der Waals surface area contributed by atoms with Gasteiger partial charge in [-0.25, -0.2) is 0 Å². The molecule has 0 radical (unpaired) electrons. The number of ketones is 1. The zero-order valence-electron chi connectivity index (χ0n) is 21.3. The first-order valence-electron chi connectivity index (χ1n) is 12.8. The topological polar surface area (TPSA) is 81.7 Å². The van der Waals surface area contributed by atoms with Gasteiger partial charge >= 0.3 is 0 Å². The second kappa shape index (κ2) is 29.4. The zero-order chi connectivity index (χ0) is 24.1. The van der Waals surface area contributed by atoms with E-state index in [1.54, 1.807) is 0 Å². The van der Waals surface area contributed by atoms with Crippen molar-refractivity contribution in [1.82, 2.24) is 0 Å². The SMILES string of the molecule is CCCCCCCCCCOCCOCCOCCOCCOCCOCCOCC(C)=O. The maximum Gasteiger partial charge on any atom is 0.155 e. The minimum atomic E-state index is 0.0157. The number of Topliss-reactive ketones (excluding diaryl/α,β-unsaturated/α-hetero) is 1. The molecule has 0 aromatic carbocycles. The highest BCUT2D eigenvalue weighted by Gasteiger charge is 1.96. The van der Waals surface area contributed by atoms with Gasteiger partial charge in [-0.1, -0.05) is 51.9 Å². The van der Waals surface area contributed by atoms with E-state index in [0.29, 0.717) is 79.3 Å². The van der Waals surface area contributed by atoms with Gasteiger partial charge in [0.15, 0.2) is 5.78 Å². The molecule has 0 heterocycles. The van der Waals surface area contributed by atoms with Gasteiger partial charge in [0.05, 0.1) is 79.3 Å². The summed E-state index contributed by atoms with van der Waals surface area (Å²) < 4.78 is 37.8. The van der Waals surface area contributed by atoms with Gasteiger partial charge in [0.25, 0.3) is 0 Å². The molecule has 0 amide bonds. The average Bonchev–Trinajstić information content (AvgIpc) is 2.80. The zero-order valence-corrected chi connectivity index (χ0v) is 21.3. The van der Waals surface area contributed by atoms with Crippen molar-refractivity contribution in [2.75, 3.05) is 92.5 Å². The summed E-state index contributed by atoms with van der Waals surface area (Å²) in [7, 11) is 0. The molecule has 0 spiro atoms. The first kappa shape index (κ1) is 32.4. The van der Waals surface area contributed by atoms with Crippen LogP contribution in [0, 0.1) is 0 Å². The molecule has 0 atom stereocenters. The number of hydrogen-bond donors (Lipinski definition) is 0. The first-order valence-corrected chi connectivity index (χ1v) is 12.8. The van der Waals surface area contributed by atoms with Gasteiger partial charge in [-0.2, -0.15) is 0 Å². The van der Waals surface area contributed by atoms with Crippen molar-refractivity contribution < 1.29 is 38.0 Å². The molecule has 0 unspecified atom stereocenters. The number of ether oxygens (including phenoxy) is 7. The number of hydrogen-bond acceptors (Lipinski definition) is 8. The van der Waals surface area contributed by atoms with Gasteiger partial charge in [0, 0.05) is 6.61 Å². The Morgan fingerprint density at radius 3 is 1.09 bits per heavy atom. The molecule has 0 bridgehead atoms. The summed E-state index contributed by atoms with van der Waals surface area (Å²) in [6.07, 6.45) is 10.6. The second-order valence-electron chi connectivity index (χ2n) is 7.90. The van der Waals surface area contributed by atoms with Gasteiger partial charge in [0.2, 0.25) is 0 Å². The Morgan fingerprint density at radius 2 is 0.727 bits per heavy atom. The molecular weight excluding hydrogens is 428 g/mol. The van der Waals surface area contributed by atoms with Gasteiger partial charge in [-0.3, -0.25) is 4.79 Å². The lowest BCUT2D eigenvalue weighted by molar-refractivity contribution is -0.122. The Balaban J connectivity index is 3.01. The Morgan fingerprint density at radius 1 is 0.424 bits per heavy atom. The summed E-state index contributed by atoms with van der Waals surface area (Å²) in [6, 6.07) is 0. The highest BCUT2D eigenvalue weighted by molar-refractivity contribution is 5.76. The smallest absolute Gasteiger partial charge is 0.155 e. The number of rotatable bonds is 29. The van der Waals surface area contributed by atoms with Crippen molar-refractivity contribution in [3.8, 4) is 0 Å². The van der Waals surface area contributed by atoms with Crippen molar-refractivity contribution >= 4 is 5.78 Å². The van der Waals surface area contributed by atoms with Crippen LogP contribution in [0.5, 0.6) is 0 Å². The van der Waals surface area contributed by atoms with Crippen LogP contribution in [0.1, 0.15) is 65.2 Å². The maximum absolute atomic E-state index is 10.7. The molecule has 8 nitrogen and oxygen atoms in total. The third-order valence-corrected chi connectivity index (χ3v) is 4.68. The van der Waals surface area contributed by atoms with Crippen LogP contribution in [-0.2, 0) is 38.0 Å². The summed E-state index contributed by atoms with van der Waals surface area (Å²) in [6.45, 7) is 11.1.